The minimum absolute atomic E-state index is 0.0295. The highest BCUT2D eigenvalue weighted by Crippen LogP contribution is 2.35. The second-order valence-electron chi connectivity index (χ2n) is 5.71. The number of amides is 1. The van der Waals surface area contributed by atoms with Gasteiger partial charge in [-0.2, -0.15) is 0 Å². The summed E-state index contributed by atoms with van der Waals surface area (Å²) in [6.45, 7) is 0.925. The van der Waals surface area contributed by atoms with Crippen molar-refractivity contribution >= 4 is 38.9 Å². The summed E-state index contributed by atoms with van der Waals surface area (Å²) >= 11 is 6.01. The summed E-state index contributed by atoms with van der Waals surface area (Å²) in [6, 6.07) is 7.83. The van der Waals surface area contributed by atoms with E-state index in [4.69, 9.17) is 16.3 Å². The van der Waals surface area contributed by atoms with Gasteiger partial charge in [-0.1, -0.05) is 17.7 Å². The fraction of sp³-hybridized carbons (Fsp3) is 0.235. The molecule has 0 atom stereocenters. The van der Waals surface area contributed by atoms with Crippen LogP contribution in [0.1, 0.15) is 5.56 Å². The standard InChI is InChI=1S/C17H18ClN3O6S/c1-11-4-6-13(9-14(11)21(23)24)28(25,26)20(10-17(22)19-2)15-8-12(18)5-7-16(15)27-3/h4-9H,10H2,1-3H3,(H,19,22). The molecule has 9 nitrogen and oxygen atoms in total. The number of nitro benzene ring substituents is 1. The number of aryl methyl sites for hydroxylation is 1. The van der Waals surface area contributed by atoms with E-state index in [0.29, 0.717) is 5.56 Å². The van der Waals surface area contributed by atoms with Gasteiger partial charge in [-0.15, -0.1) is 0 Å². The highest BCUT2D eigenvalue weighted by Gasteiger charge is 2.31. The van der Waals surface area contributed by atoms with Gasteiger partial charge in [-0.05, 0) is 31.2 Å². The van der Waals surface area contributed by atoms with E-state index < -0.39 is 27.4 Å². The van der Waals surface area contributed by atoms with Crippen molar-refractivity contribution in [1.29, 1.82) is 0 Å². The number of anilines is 1. The van der Waals surface area contributed by atoms with Crippen molar-refractivity contribution < 1.29 is 22.9 Å². The van der Waals surface area contributed by atoms with Crippen LogP contribution in [0.4, 0.5) is 11.4 Å². The Morgan fingerprint density at radius 2 is 1.96 bits per heavy atom. The molecule has 1 N–H and O–H groups in total. The molecule has 0 radical (unpaired) electrons. The number of likely N-dealkylation sites (N-methyl/N-ethyl adjacent to an activating group) is 1. The number of hydrogen-bond acceptors (Lipinski definition) is 6. The van der Waals surface area contributed by atoms with Crippen molar-refractivity contribution in [2.45, 2.75) is 11.8 Å². The van der Waals surface area contributed by atoms with E-state index in [-0.39, 0.29) is 27.0 Å². The van der Waals surface area contributed by atoms with Gasteiger partial charge in [0.2, 0.25) is 5.91 Å². The smallest absolute Gasteiger partial charge is 0.273 e. The molecule has 0 bridgehead atoms. The van der Waals surface area contributed by atoms with Crippen LogP contribution < -0.4 is 14.4 Å². The lowest BCUT2D eigenvalue weighted by atomic mass is 10.2. The lowest BCUT2D eigenvalue weighted by molar-refractivity contribution is -0.385. The zero-order chi connectivity index (χ0) is 21.1. The molecule has 0 spiro atoms. The quantitative estimate of drug-likeness (QED) is 0.535. The van der Waals surface area contributed by atoms with E-state index in [1.807, 2.05) is 0 Å². The highest BCUT2D eigenvalue weighted by molar-refractivity contribution is 7.92. The average molecular weight is 428 g/mol. The monoisotopic (exact) mass is 427 g/mol. The van der Waals surface area contributed by atoms with Crippen LogP contribution in [0.25, 0.3) is 0 Å². The number of halogens is 1. The van der Waals surface area contributed by atoms with Crippen molar-refractivity contribution in [2.24, 2.45) is 0 Å². The molecule has 150 valence electrons. The molecule has 0 fully saturated rings. The Bertz CT molecular complexity index is 1030. The summed E-state index contributed by atoms with van der Waals surface area (Å²) < 4.78 is 32.5. The summed E-state index contributed by atoms with van der Waals surface area (Å²) in [7, 11) is -1.65. The second kappa shape index (κ2) is 8.44. The number of ether oxygens (including phenoxy) is 1. The predicted molar refractivity (Wildman–Crippen MR) is 104 cm³/mol. The van der Waals surface area contributed by atoms with E-state index >= 15 is 0 Å². The van der Waals surface area contributed by atoms with E-state index in [0.717, 1.165) is 10.4 Å². The topological polar surface area (TPSA) is 119 Å². The Morgan fingerprint density at radius 3 is 2.54 bits per heavy atom. The molecule has 0 aromatic heterocycles. The fourth-order valence-corrected chi connectivity index (χ4v) is 4.05. The molecule has 28 heavy (non-hydrogen) atoms. The Labute approximate surface area is 167 Å². The number of nitrogens with one attached hydrogen (secondary N) is 1. The van der Waals surface area contributed by atoms with Crippen molar-refractivity contribution in [3.05, 3.63) is 57.1 Å². The normalized spacial score (nSPS) is 11.0. The van der Waals surface area contributed by atoms with Crippen LogP contribution in [-0.4, -0.2) is 40.0 Å². The summed E-state index contributed by atoms with van der Waals surface area (Å²) in [4.78, 5) is 22.2. The van der Waals surface area contributed by atoms with Gasteiger partial charge in [0.15, 0.2) is 0 Å². The van der Waals surface area contributed by atoms with Crippen LogP contribution in [0, 0.1) is 17.0 Å². The van der Waals surface area contributed by atoms with Crippen molar-refractivity contribution in [1.82, 2.24) is 5.32 Å². The van der Waals surface area contributed by atoms with Crippen molar-refractivity contribution in [3.8, 4) is 5.75 Å². The maximum atomic E-state index is 13.3. The molecular formula is C17H18ClN3O6S. The largest absolute Gasteiger partial charge is 0.495 e. The lowest BCUT2D eigenvalue weighted by Crippen LogP contribution is -2.40. The van der Waals surface area contributed by atoms with E-state index in [1.54, 1.807) is 0 Å². The third-order valence-electron chi connectivity index (χ3n) is 3.94. The van der Waals surface area contributed by atoms with E-state index in [2.05, 4.69) is 5.32 Å². The highest BCUT2D eigenvalue weighted by atomic mass is 35.5. The molecule has 2 aromatic rings. The maximum Gasteiger partial charge on any atom is 0.273 e. The zero-order valence-corrected chi connectivity index (χ0v) is 16.9. The summed E-state index contributed by atoms with van der Waals surface area (Å²) in [5.41, 5.74) is -0.0111. The Morgan fingerprint density at radius 1 is 1.29 bits per heavy atom. The first-order chi connectivity index (χ1) is 13.1. The molecule has 1 amide bonds. The predicted octanol–water partition coefficient (Wildman–Crippen LogP) is 2.51. The number of carbonyl (C=O) groups excluding carboxylic acids is 1. The van der Waals surface area contributed by atoms with Crippen LogP contribution in [0.15, 0.2) is 41.3 Å². The Balaban J connectivity index is 2.70. The number of nitrogens with zero attached hydrogens (tertiary/aromatic N) is 2. The van der Waals surface area contributed by atoms with Gasteiger partial charge in [0.05, 0.1) is 22.6 Å². The number of nitro groups is 1. The molecule has 0 saturated carbocycles. The Hall–Kier alpha value is -2.85. The summed E-state index contributed by atoms with van der Waals surface area (Å²) in [6.07, 6.45) is 0. The maximum absolute atomic E-state index is 13.3. The van der Waals surface area contributed by atoms with Gasteiger partial charge in [-0.3, -0.25) is 19.2 Å². The van der Waals surface area contributed by atoms with E-state index in [9.17, 15) is 23.3 Å². The number of benzene rings is 2. The number of carbonyl (C=O) groups is 1. The molecular weight excluding hydrogens is 410 g/mol. The third kappa shape index (κ3) is 4.34. The van der Waals surface area contributed by atoms with E-state index in [1.165, 1.54) is 51.4 Å². The van der Waals surface area contributed by atoms with Gasteiger partial charge in [0.1, 0.15) is 12.3 Å². The third-order valence-corrected chi connectivity index (χ3v) is 5.93. The van der Waals surface area contributed by atoms with Gasteiger partial charge in [0, 0.05) is 23.7 Å². The molecule has 0 aliphatic carbocycles. The number of sulfonamides is 1. The molecule has 0 heterocycles. The minimum Gasteiger partial charge on any atom is -0.495 e. The lowest BCUT2D eigenvalue weighted by Gasteiger charge is -2.25. The average Bonchev–Trinajstić information content (AvgIpc) is 2.65. The SMILES string of the molecule is CNC(=O)CN(c1cc(Cl)ccc1OC)S(=O)(=O)c1ccc(C)c([N+](=O)[O-])c1. The molecule has 2 aromatic carbocycles. The first-order valence-electron chi connectivity index (χ1n) is 7.93. The molecule has 0 saturated heterocycles. The molecule has 11 heteroatoms. The van der Waals surface area contributed by atoms with Gasteiger partial charge < -0.3 is 10.1 Å². The van der Waals surface area contributed by atoms with Crippen LogP contribution in [-0.2, 0) is 14.8 Å². The molecule has 2 rings (SSSR count). The van der Waals surface area contributed by atoms with Gasteiger partial charge >= 0.3 is 0 Å². The van der Waals surface area contributed by atoms with Crippen LogP contribution in [0.5, 0.6) is 5.75 Å². The first-order valence-corrected chi connectivity index (χ1v) is 9.75. The minimum atomic E-state index is -4.35. The second-order valence-corrected chi connectivity index (χ2v) is 8.01. The number of methoxy groups -OCH3 is 1. The van der Waals surface area contributed by atoms with Gasteiger partial charge in [0.25, 0.3) is 15.7 Å². The number of hydrogen-bond donors (Lipinski definition) is 1. The zero-order valence-electron chi connectivity index (χ0n) is 15.3. The molecule has 0 unspecified atom stereocenters. The summed E-state index contributed by atoms with van der Waals surface area (Å²) in [5.74, 6) is -0.425. The van der Waals surface area contributed by atoms with Gasteiger partial charge in [-0.25, -0.2) is 8.42 Å². The summed E-state index contributed by atoms with van der Waals surface area (Å²) in [5, 5.41) is 13.8. The first kappa shape index (κ1) is 21.5. The number of rotatable bonds is 7. The molecule has 0 aliphatic rings. The van der Waals surface area contributed by atoms with Crippen LogP contribution >= 0.6 is 11.6 Å². The van der Waals surface area contributed by atoms with Crippen LogP contribution in [0.2, 0.25) is 5.02 Å². The molecule has 0 aliphatic heterocycles. The van der Waals surface area contributed by atoms with Crippen molar-refractivity contribution in [3.63, 3.8) is 0 Å². The Kier molecular flexibility index (Phi) is 6.47. The fourth-order valence-electron chi connectivity index (χ4n) is 2.44. The van der Waals surface area contributed by atoms with Crippen molar-refractivity contribution in [2.75, 3.05) is 25.0 Å². The van der Waals surface area contributed by atoms with Crippen LogP contribution in [0.3, 0.4) is 0 Å².